The maximum atomic E-state index is 13.2. The molecule has 0 radical (unpaired) electrons. The molecule has 0 saturated carbocycles. The first kappa shape index (κ1) is 10.5. The average Bonchev–Trinajstić information content (AvgIpc) is 2.19. The molecule has 1 aromatic carbocycles. The number of benzene rings is 1. The van der Waals surface area contributed by atoms with Crippen molar-refractivity contribution in [2.24, 2.45) is 0 Å². The zero-order chi connectivity index (χ0) is 10.7. The summed E-state index contributed by atoms with van der Waals surface area (Å²) >= 11 is 0. The molecule has 0 heterocycles. The monoisotopic (exact) mass is 197 g/mol. The lowest BCUT2D eigenvalue weighted by atomic mass is 9.97. The highest BCUT2D eigenvalue weighted by atomic mass is 19.2. The number of rotatable bonds is 2. The van der Waals surface area contributed by atoms with Crippen LogP contribution in [0.15, 0.2) is 12.1 Å². The predicted octanol–water partition coefficient (Wildman–Crippen LogP) is 2.69. The SMILES string of the molecule is CCC(C#N)c1ccc(O)c(F)c1F. The van der Waals surface area contributed by atoms with Crippen LogP contribution in [-0.4, -0.2) is 5.11 Å². The fourth-order valence-corrected chi connectivity index (χ4v) is 1.20. The van der Waals surface area contributed by atoms with E-state index in [0.717, 1.165) is 6.07 Å². The van der Waals surface area contributed by atoms with E-state index >= 15 is 0 Å². The van der Waals surface area contributed by atoms with Gasteiger partial charge in [0.25, 0.3) is 0 Å². The lowest BCUT2D eigenvalue weighted by Crippen LogP contribution is -2.00. The second-order valence-corrected chi connectivity index (χ2v) is 2.89. The van der Waals surface area contributed by atoms with Gasteiger partial charge >= 0.3 is 0 Å². The van der Waals surface area contributed by atoms with Gasteiger partial charge in [0.2, 0.25) is 5.82 Å². The van der Waals surface area contributed by atoms with Crippen LogP contribution in [0.25, 0.3) is 0 Å². The summed E-state index contributed by atoms with van der Waals surface area (Å²) in [6.07, 6.45) is 0.400. The van der Waals surface area contributed by atoms with Gasteiger partial charge < -0.3 is 5.11 Å². The molecule has 0 saturated heterocycles. The first-order valence-corrected chi connectivity index (χ1v) is 4.18. The van der Waals surface area contributed by atoms with Gasteiger partial charge in [0, 0.05) is 5.56 Å². The molecule has 0 fully saturated rings. The smallest absolute Gasteiger partial charge is 0.200 e. The third-order valence-corrected chi connectivity index (χ3v) is 2.03. The van der Waals surface area contributed by atoms with Gasteiger partial charge in [-0.1, -0.05) is 13.0 Å². The van der Waals surface area contributed by atoms with Crippen molar-refractivity contribution in [2.75, 3.05) is 0 Å². The Morgan fingerprint density at radius 3 is 2.57 bits per heavy atom. The molecule has 1 unspecified atom stereocenters. The third-order valence-electron chi connectivity index (χ3n) is 2.03. The van der Waals surface area contributed by atoms with Gasteiger partial charge in [-0.25, -0.2) is 4.39 Å². The van der Waals surface area contributed by atoms with Crippen molar-refractivity contribution in [3.8, 4) is 11.8 Å². The molecular formula is C10H9F2NO. The Hall–Kier alpha value is -1.63. The summed E-state index contributed by atoms with van der Waals surface area (Å²) in [6, 6.07) is 4.14. The Kier molecular flexibility index (Phi) is 3.03. The van der Waals surface area contributed by atoms with Gasteiger partial charge in [-0.15, -0.1) is 0 Å². The lowest BCUT2D eigenvalue weighted by molar-refractivity contribution is 0.403. The standard InChI is InChI=1S/C10H9F2NO/c1-2-6(5-13)7-3-4-8(14)10(12)9(7)11/h3-4,6,14H,2H2,1H3. The Morgan fingerprint density at radius 2 is 2.07 bits per heavy atom. The Labute approximate surface area is 80.4 Å². The van der Waals surface area contributed by atoms with Crippen molar-refractivity contribution < 1.29 is 13.9 Å². The van der Waals surface area contributed by atoms with Crippen LogP contribution in [0.4, 0.5) is 8.78 Å². The quantitative estimate of drug-likeness (QED) is 0.792. The van der Waals surface area contributed by atoms with E-state index in [1.807, 2.05) is 6.07 Å². The number of phenolic OH excluding ortho intramolecular Hbond substituents is 1. The molecule has 0 amide bonds. The number of phenols is 1. The molecule has 0 bridgehead atoms. The summed E-state index contributed by atoms with van der Waals surface area (Å²) in [6.45, 7) is 1.71. The summed E-state index contributed by atoms with van der Waals surface area (Å²) in [5.74, 6) is -3.85. The van der Waals surface area contributed by atoms with Crippen molar-refractivity contribution in [1.82, 2.24) is 0 Å². The summed E-state index contributed by atoms with van der Waals surface area (Å²) < 4.78 is 26.1. The fourth-order valence-electron chi connectivity index (χ4n) is 1.20. The minimum atomic E-state index is -1.30. The Morgan fingerprint density at radius 1 is 1.43 bits per heavy atom. The van der Waals surface area contributed by atoms with Crippen molar-refractivity contribution in [2.45, 2.75) is 19.3 Å². The molecule has 1 atom stereocenters. The molecule has 2 nitrogen and oxygen atoms in total. The van der Waals surface area contributed by atoms with Crippen LogP contribution < -0.4 is 0 Å². The first-order valence-electron chi connectivity index (χ1n) is 4.18. The second kappa shape index (κ2) is 4.05. The second-order valence-electron chi connectivity index (χ2n) is 2.89. The largest absolute Gasteiger partial charge is 0.505 e. The molecule has 0 aromatic heterocycles. The van der Waals surface area contributed by atoms with Crippen LogP contribution in [-0.2, 0) is 0 Å². The molecule has 14 heavy (non-hydrogen) atoms. The van der Waals surface area contributed by atoms with E-state index < -0.39 is 23.3 Å². The van der Waals surface area contributed by atoms with E-state index in [1.165, 1.54) is 6.07 Å². The Bertz CT molecular complexity index is 384. The van der Waals surface area contributed by atoms with Crippen molar-refractivity contribution >= 4 is 0 Å². The van der Waals surface area contributed by atoms with Gasteiger partial charge in [-0.2, -0.15) is 9.65 Å². The van der Waals surface area contributed by atoms with E-state index in [2.05, 4.69) is 0 Å². The van der Waals surface area contributed by atoms with Gasteiger partial charge in [0.1, 0.15) is 0 Å². The average molecular weight is 197 g/mol. The summed E-state index contributed by atoms with van der Waals surface area (Å²) in [5, 5.41) is 17.5. The van der Waals surface area contributed by atoms with Crippen LogP contribution in [0.3, 0.4) is 0 Å². The number of halogens is 2. The van der Waals surface area contributed by atoms with Gasteiger partial charge in [0.05, 0.1) is 12.0 Å². The number of nitriles is 1. The molecule has 4 heteroatoms. The van der Waals surface area contributed by atoms with Gasteiger partial charge in [0.15, 0.2) is 11.6 Å². The van der Waals surface area contributed by atoms with Crippen LogP contribution in [0.5, 0.6) is 5.75 Å². The third kappa shape index (κ3) is 1.67. The zero-order valence-electron chi connectivity index (χ0n) is 7.59. The minimum Gasteiger partial charge on any atom is -0.505 e. The molecule has 0 aliphatic carbocycles. The number of hydrogen-bond donors (Lipinski definition) is 1. The highest BCUT2D eigenvalue weighted by molar-refractivity contribution is 5.34. The number of hydrogen-bond acceptors (Lipinski definition) is 2. The van der Waals surface area contributed by atoms with Crippen LogP contribution in [0, 0.1) is 23.0 Å². The van der Waals surface area contributed by atoms with Crippen LogP contribution >= 0.6 is 0 Å². The zero-order valence-corrected chi connectivity index (χ0v) is 7.59. The molecule has 1 rings (SSSR count). The summed E-state index contributed by atoms with van der Waals surface area (Å²) in [5.41, 5.74) is -0.00898. The maximum Gasteiger partial charge on any atom is 0.200 e. The highest BCUT2D eigenvalue weighted by Gasteiger charge is 2.18. The number of nitrogens with zero attached hydrogens (tertiary/aromatic N) is 1. The highest BCUT2D eigenvalue weighted by Crippen LogP contribution is 2.27. The lowest BCUT2D eigenvalue weighted by Gasteiger charge is -2.08. The number of aromatic hydroxyl groups is 1. The van der Waals surface area contributed by atoms with Crippen molar-refractivity contribution in [3.63, 3.8) is 0 Å². The maximum absolute atomic E-state index is 13.2. The normalized spacial score (nSPS) is 12.1. The molecular weight excluding hydrogens is 188 g/mol. The molecule has 74 valence electrons. The van der Waals surface area contributed by atoms with Gasteiger partial charge in [-0.3, -0.25) is 0 Å². The predicted molar refractivity (Wildman–Crippen MR) is 46.7 cm³/mol. The van der Waals surface area contributed by atoms with E-state index in [4.69, 9.17) is 10.4 Å². The minimum absolute atomic E-state index is 0.00898. The van der Waals surface area contributed by atoms with Crippen LogP contribution in [0.1, 0.15) is 24.8 Å². The molecule has 0 spiro atoms. The summed E-state index contributed by atoms with van der Waals surface area (Å²) in [4.78, 5) is 0. The molecule has 0 aliphatic heterocycles. The molecule has 1 N–H and O–H groups in total. The van der Waals surface area contributed by atoms with E-state index in [9.17, 15) is 8.78 Å². The van der Waals surface area contributed by atoms with Crippen LogP contribution in [0.2, 0.25) is 0 Å². The first-order chi connectivity index (χ1) is 6.61. The van der Waals surface area contributed by atoms with E-state index in [-0.39, 0.29) is 5.56 Å². The molecule has 0 aliphatic rings. The van der Waals surface area contributed by atoms with Crippen molar-refractivity contribution in [3.05, 3.63) is 29.3 Å². The van der Waals surface area contributed by atoms with E-state index in [0.29, 0.717) is 6.42 Å². The fraction of sp³-hybridized carbons (Fsp3) is 0.300. The summed E-state index contributed by atoms with van der Waals surface area (Å²) in [7, 11) is 0. The topological polar surface area (TPSA) is 44.0 Å². The van der Waals surface area contributed by atoms with Crippen molar-refractivity contribution in [1.29, 1.82) is 5.26 Å². The van der Waals surface area contributed by atoms with Gasteiger partial charge in [-0.05, 0) is 12.5 Å². The Balaban J connectivity index is 3.24. The molecule has 1 aromatic rings. The van der Waals surface area contributed by atoms with E-state index in [1.54, 1.807) is 6.92 Å².